The van der Waals surface area contributed by atoms with Gasteiger partial charge < -0.3 is 5.48 Å². The first-order chi connectivity index (χ1) is 1.00. The number of hydrogen-bond donors (Lipinski definition) is 0. The van der Waals surface area contributed by atoms with Gasteiger partial charge in [0, 0.05) is 0 Å². The summed E-state index contributed by atoms with van der Waals surface area (Å²) in [5.74, 6) is 0. The molecule has 0 spiro atoms. The Labute approximate surface area is 68.5 Å². The second-order valence-corrected chi connectivity index (χ2v) is 0. The molecular weight excluding hydrogens is 79.1 g/mol. The summed E-state index contributed by atoms with van der Waals surface area (Å²) < 4.78 is 0. The first-order valence-electron chi connectivity index (χ1n) is 0.333. The smallest absolute Gasteiger partial charge is 0.870 e. The summed E-state index contributed by atoms with van der Waals surface area (Å²) >= 11 is 0. The van der Waals surface area contributed by atoms with Gasteiger partial charge in [-0.1, -0.05) is 0 Å². The van der Waals surface area contributed by atoms with Gasteiger partial charge in [-0.25, -0.2) is 0 Å². The molecule has 0 saturated heterocycles. The minimum atomic E-state index is 0. The van der Waals surface area contributed by atoms with Crippen molar-refractivity contribution in [3.8, 4) is 12.8 Å². The molecule has 0 unspecified atom stereocenters. The third-order valence-electron chi connectivity index (χ3n) is 0. The van der Waals surface area contributed by atoms with Crippen LogP contribution in [-0.2, 0) is 0 Å². The Morgan fingerprint density at radius 1 is 1.00 bits per heavy atom. The molecule has 0 amide bonds. The van der Waals surface area contributed by atoms with E-state index in [1.54, 1.807) is 0 Å². The van der Waals surface area contributed by atoms with Crippen LogP contribution < -0.4 is 51.4 Å². The zero-order valence-electron chi connectivity index (χ0n) is 2.60. The molecule has 0 atom stereocenters. The van der Waals surface area contributed by atoms with Crippen molar-refractivity contribution in [2.24, 2.45) is 0 Å². The van der Waals surface area contributed by atoms with E-state index in [1.807, 2.05) is 0 Å². The quantitative estimate of drug-likeness (QED) is 0.227. The van der Waals surface area contributed by atoms with Crippen LogP contribution in [-0.4, -0.2) is 5.48 Å². The Morgan fingerprint density at radius 3 is 1.00 bits per heavy atom. The van der Waals surface area contributed by atoms with E-state index in [-0.39, 0.29) is 56.9 Å². The molecule has 1 nitrogen and oxygen atoms in total. The molecule has 0 fully saturated rings. The third kappa shape index (κ3) is 11.0. The molecule has 0 aromatic carbocycles. The van der Waals surface area contributed by atoms with Gasteiger partial charge in [0.05, 0.1) is 0 Å². The molecule has 18 valence electrons. The van der Waals surface area contributed by atoms with E-state index in [0.717, 1.165) is 0 Å². The maximum Gasteiger partial charge on any atom is 1.00 e. The second-order valence-electron chi connectivity index (χ2n) is 0. The Bertz CT molecular complexity index is 10.8. The Balaban J connectivity index is -0.00000000500. The van der Waals surface area contributed by atoms with Crippen molar-refractivity contribution in [2.75, 3.05) is 0 Å². The molecule has 0 radical (unpaired) electrons. The fourth-order valence-electron chi connectivity index (χ4n) is 0. The molecule has 4 heavy (non-hydrogen) atoms. The Hall–Kier alpha value is 1.16. The van der Waals surface area contributed by atoms with Gasteiger partial charge in [-0.05, 0) is 0 Å². The zero-order valence-corrected chi connectivity index (χ0v) is 5.73. The molecule has 0 aliphatic heterocycles. The van der Waals surface area contributed by atoms with E-state index >= 15 is 0 Å². The Morgan fingerprint density at radius 2 is 1.00 bits per heavy atom. The van der Waals surface area contributed by atoms with Crippen LogP contribution in [0.1, 0.15) is 0 Å². The molecule has 0 aromatic heterocycles. The molecule has 0 saturated carbocycles. The van der Waals surface area contributed by atoms with E-state index < -0.39 is 0 Å². The summed E-state index contributed by atoms with van der Waals surface area (Å²) in [4.78, 5) is 0. The van der Waals surface area contributed by atoms with Crippen LogP contribution >= 0.6 is 0 Å². The predicted octanol–water partition coefficient (Wildman–Crippen LogP) is -2.92. The molecule has 0 aliphatic rings. The third-order valence-corrected chi connectivity index (χ3v) is 0. The van der Waals surface area contributed by atoms with Crippen molar-refractivity contribution in [1.82, 2.24) is 0 Å². The topological polar surface area (TPSA) is 30.0 Å². The fraction of sp³-hybridized carbons (Fsp3) is 0. The molecule has 0 aliphatic carbocycles. The summed E-state index contributed by atoms with van der Waals surface area (Å²) in [5, 5.41) is 0. The average Bonchev–Trinajstić information content (AvgIpc) is 1.00. The largest absolute Gasteiger partial charge is 1.00 e. The summed E-state index contributed by atoms with van der Waals surface area (Å²) in [5.41, 5.74) is 0. The minimum absolute atomic E-state index is 0. The Kier molecular flexibility index (Phi) is 148. The predicted molar refractivity (Wildman–Crippen MR) is 11.8 cm³/mol. The van der Waals surface area contributed by atoms with Crippen LogP contribution in [0.25, 0.3) is 0 Å². The van der Waals surface area contributed by atoms with Gasteiger partial charge in [0.25, 0.3) is 0 Å². The summed E-state index contributed by atoms with van der Waals surface area (Å²) in [6.45, 7) is 0. The van der Waals surface area contributed by atoms with Gasteiger partial charge in [0.1, 0.15) is 0 Å². The molecule has 0 aromatic rings. The van der Waals surface area contributed by atoms with Crippen LogP contribution in [0.5, 0.6) is 0 Å². The van der Waals surface area contributed by atoms with Crippen LogP contribution in [0.3, 0.4) is 0 Å². The van der Waals surface area contributed by atoms with Gasteiger partial charge >= 0.3 is 51.4 Å². The minimum Gasteiger partial charge on any atom is -0.870 e. The van der Waals surface area contributed by atoms with Crippen molar-refractivity contribution in [2.45, 2.75) is 0 Å². The molecule has 0 bridgehead atoms. The SMILES string of the molecule is C#C.[K+].[OH-]. The van der Waals surface area contributed by atoms with Gasteiger partial charge in [0.2, 0.25) is 0 Å². The van der Waals surface area contributed by atoms with Gasteiger partial charge in [-0.2, -0.15) is 0 Å². The van der Waals surface area contributed by atoms with Crippen molar-refractivity contribution in [3.05, 3.63) is 0 Å². The van der Waals surface area contributed by atoms with E-state index in [0.29, 0.717) is 0 Å². The maximum atomic E-state index is 4.00. The molecular formula is C2H3KO. The zero-order chi connectivity index (χ0) is 2.00. The van der Waals surface area contributed by atoms with Crippen molar-refractivity contribution in [3.63, 3.8) is 0 Å². The first-order valence-corrected chi connectivity index (χ1v) is 0.333. The standard InChI is InChI=1S/C2H2.K.H2O/c1-2;;/h1-2H;;1H2/q;+1;/p-1. The van der Waals surface area contributed by atoms with E-state index in [9.17, 15) is 0 Å². The van der Waals surface area contributed by atoms with Crippen molar-refractivity contribution < 1.29 is 56.9 Å². The van der Waals surface area contributed by atoms with Crippen LogP contribution in [0.4, 0.5) is 0 Å². The van der Waals surface area contributed by atoms with E-state index in [4.69, 9.17) is 0 Å². The molecule has 1 N–H and O–H groups in total. The van der Waals surface area contributed by atoms with Crippen molar-refractivity contribution in [1.29, 1.82) is 0 Å². The van der Waals surface area contributed by atoms with Gasteiger partial charge in [-0.3, -0.25) is 0 Å². The summed E-state index contributed by atoms with van der Waals surface area (Å²) in [7, 11) is 0. The van der Waals surface area contributed by atoms with E-state index in [2.05, 4.69) is 12.8 Å². The second kappa shape index (κ2) is 31.0. The maximum absolute atomic E-state index is 4.00. The molecule has 0 rings (SSSR count). The van der Waals surface area contributed by atoms with Crippen LogP contribution in [0.15, 0.2) is 0 Å². The average molecular weight is 82.1 g/mol. The summed E-state index contributed by atoms with van der Waals surface area (Å²) in [6.07, 6.45) is 8.00. The number of terminal acetylenes is 1. The first kappa shape index (κ1) is 19.2. The molecule has 2 heteroatoms. The van der Waals surface area contributed by atoms with Gasteiger partial charge in [-0.15, -0.1) is 12.8 Å². The molecule has 0 heterocycles. The van der Waals surface area contributed by atoms with Crippen molar-refractivity contribution >= 4 is 0 Å². The van der Waals surface area contributed by atoms with Crippen LogP contribution in [0, 0.1) is 12.8 Å². The van der Waals surface area contributed by atoms with Crippen LogP contribution in [0.2, 0.25) is 0 Å². The summed E-state index contributed by atoms with van der Waals surface area (Å²) in [6, 6.07) is 0. The fourth-order valence-corrected chi connectivity index (χ4v) is 0. The number of hydrogen-bond acceptors (Lipinski definition) is 1. The van der Waals surface area contributed by atoms with Gasteiger partial charge in [0.15, 0.2) is 0 Å². The van der Waals surface area contributed by atoms with E-state index in [1.165, 1.54) is 0 Å². The monoisotopic (exact) mass is 82.0 g/mol. The normalized spacial score (nSPS) is 0.500. The number of rotatable bonds is 0.